The Morgan fingerprint density at radius 1 is 1.27 bits per heavy atom. The van der Waals surface area contributed by atoms with E-state index in [0.29, 0.717) is 5.92 Å². The minimum Gasteiger partial charge on any atom is -0.461 e. The molecule has 0 radical (unpaired) electrons. The second-order valence-corrected chi connectivity index (χ2v) is 5.30. The van der Waals surface area contributed by atoms with Crippen LogP contribution in [0, 0.1) is 5.92 Å². The van der Waals surface area contributed by atoms with E-state index in [2.05, 4.69) is 6.92 Å². The second kappa shape index (κ2) is 4.12. The van der Waals surface area contributed by atoms with Crippen LogP contribution in [-0.2, 0) is 9.53 Å². The summed E-state index contributed by atoms with van der Waals surface area (Å²) in [5.74, 6) is 0.553. The van der Waals surface area contributed by atoms with Crippen molar-refractivity contribution in [1.82, 2.24) is 0 Å². The molecule has 2 fully saturated rings. The lowest BCUT2D eigenvalue weighted by Gasteiger charge is -2.36. The Morgan fingerprint density at radius 2 is 1.87 bits per heavy atom. The molecular formula is C12H21NO2. The average molecular weight is 211 g/mol. The van der Waals surface area contributed by atoms with E-state index < -0.39 is 5.54 Å². The van der Waals surface area contributed by atoms with Gasteiger partial charge in [0.15, 0.2) is 0 Å². The van der Waals surface area contributed by atoms with Crippen LogP contribution in [0.25, 0.3) is 0 Å². The number of hydrogen-bond acceptors (Lipinski definition) is 3. The largest absolute Gasteiger partial charge is 0.461 e. The summed E-state index contributed by atoms with van der Waals surface area (Å²) in [7, 11) is 0. The molecule has 0 amide bonds. The SMILES string of the molecule is CC1CCC(N)(C(=O)OC2CCC2)CC1. The van der Waals surface area contributed by atoms with E-state index in [0.717, 1.165) is 38.5 Å². The van der Waals surface area contributed by atoms with Crippen LogP contribution in [-0.4, -0.2) is 17.6 Å². The molecule has 86 valence electrons. The van der Waals surface area contributed by atoms with E-state index in [1.807, 2.05) is 0 Å². The molecule has 2 rings (SSSR count). The monoisotopic (exact) mass is 211 g/mol. The van der Waals surface area contributed by atoms with Crippen LogP contribution in [0.15, 0.2) is 0 Å². The summed E-state index contributed by atoms with van der Waals surface area (Å²) in [6, 6.07) is 0. The molecule has 0 aromatic carbocycles. The number of ether oxygens (including phenoxy) is 1. The van der Waals surface area contributed by atoms with Crippen LogP contribution in [0.1, 0.15) is 51.9 Å². The molecule has 2 aliphatic rings. The zero-order valence-electron chi connectivity index (χ0n) is 9.50. The number of hydrogen-bond donors (Lipinski definition) is 1. The number of carbonyl (C=O) groups excluding carboxylic acids is 1. The molecule has 2 saturated carbocycles. The lowest BCUT2D eigenvalue weighted by Crippen LogP contribution is -2.52. The highest BCUT2D eigenvalue weighted by molar-refractivity contribution is 5.80. The van der Waals surface area contributed by atoms with Crippen molar-refractivity contribution in [3.63, 3.8) is 0 Å². The lowest BCUT2D eigenvalue weighted by molar-refractivity contribution is -0.161. The second-order valence-electron chi connectivity index (χ2n) is 5.30. The van der Waals surface area contributed by atoms with Crippen molar-refractivity contribution in [2.24, 2.45) is 11.7 Å². The van der Waals surface area contributed by atoms with Crippen molar-refractivity contribution in [2.45, 2.75) is 63.5 Å². The van der Waals surface area contributed by atoms with Crippen molar-refractivity contribution < 1.29 is 9.53 Å². The molecule has 3 heteroatoms. The zero-order valence-corrected chi connectivity index (χ0v) is 9.50. The van der Waals surface area contributed by atoms with Gasteiger partial charge < -0.3 is 10.5 Å². The highest BCUT2D eigenvalue weighted by Gasteiger charge is 2.40. The van der Waals surface area contributed by atoms with Gasteiger partial charge in [-0.3, -0.25) is 4.79 Å². The number of rotatable bonds is 2. The van der Waals surface area contributed by atoms with Crippen molar-refractivity contribution in [3.8, 4) is 0 Å². The summed E-state index contributed by atoms with van der Waals surface area (Å²) in [5, 5.41) is 0. The smallest absolute Gasteiger partial charge is 0.326 e. The minimum absolute atomic E-state index is 0.154. The Bertz CT molecular complexity index is 240. The van der Waals surface area contributed by atoms with Gasteiger partial charge in [-0.1, -0.05) is 6.92 Å². The number of carbonyl (C=O) groups is 1. The van der Waals surface area contributed by atoms with E-state index in [4.69, 9.17) is 10.5 Å². The van der Waals surface area contributed by atoms with E-state index in [1.54, 1.807) is 0 Å². The van der Waals surface area contributed by atoms with Crippen molar-refractivity contribution in [2.75, 3.05) is 0 Å². The molecule has 2 aliphatic carbocycles. The quantitative estimate of drug-likeness (QED) is 0.711. The highest BCUT2D eigenvalue weighted by Crippen LogP contribution is 2.32. The summed E-state index contributed by atoms with van der Waals surface area (Å²) >= 11 is 0. The molecule has 0 aliphatic heterocycles. The van der Waals surface area contributed by atoms with Crippen LogP contribution in [0.4, 0.5) is 0 Å². The van der Waals surface area contributed by atoms with Gasteiger partial charge in [-0.25, -0.2) is 0 Å². The molecule has 0 saturated heterocycles. The fourth-order valence-corrected chi connectivity index (χ4v) is 2.24. The first kappa shape index (κ1) is 10.9. The molecule has 0 heterocycles. The maximum atomic E-state index is 11.9. The molecular weight excluding hydrogens is 190 g/mol. The number of esters is 1. The summed E-state index contributed by atoms with van der Waals surface area (Å²) in [5.41, 5.74) is 5.44. The van der Waals surface area contributed by atoms with E-state index >= 15 is 0 Å². The first-order valence-electron chi connectivity index (χ1n) is 6.10. The van der Waals surface area contributed by atoms with Gasteiger partial charge >= 0.3 is 5.97 Å². The van der Waals surface area contributed by atoms with Gasteiger partial charge in [-0.05, 0) is 50.9 Å². The summed E-state index contributed by atoms with van der Waals surface area (Å²) in [6.07, 6.45) is 7.09. The Balaban J connectivity index is 1.87. The molecule has 0 atom stereocenters. The van der Waals surface area contributed by atoms with E-state index in [-0.39, 0.29) is 12.1 Å². The highest BCUT2D eigenvalue weighted by atomic mass is 16.5. The van der Waals surface area contributed by atoms with Crippen molar-refractivity contribution in [1.29, 1.82) is 0 Å². The minimum atomic E-state index is -0.678. The topological polar surface area (TPSA) is 52.3 Å². The van der Waals surface area contributed by atoms with Gasteiger partial charge in [-0.2, -0.15) is 0 Å². The van der Waals surface area contributed by atoms with Gasteiger partial charge in [0.2, 0.25) is 0 Å². The van der Waals surface area contributed by atoms with E-state index in [9.17, 15) is 4.79 Å². The van der Waals surface area contributed by atoms with Gasteiger partial charge in [0.25, 0.3) is 0 Å². The third-order valence-corrected chi connectivity index (χ3v) is 3.90. The maximum absolute atomic E-state index is 11.9. The van der Waals surface area contributed by atoms with Crippen LogP contribution < -0.4 is 5.73 Å². The summed E-state index contributed by atoms with van der Waals surface area (Å²) in [6.45, 7) is 2.22. The summed E-state index contributed by atoms with van der Waals surface area (Å²) < 4.78 is 5.40. The Morgan fingerprint density at radius 3 is 2.33 bits per heavy atom. The molecule has 0 bridgehead atoms. The van der Waals surface area contributed by atoms with Crippen LogP contribution in [0.2, 0.25) is 0 Å². The third-order valence-electron chi connectivity index (χ3n) is 3.90. The Kier molecular flexibility index (Phi) is 3.01. The predicted octanol–water partition coefficient (Wildman–Crippen LogP) is 1.99. The normalized spacial score (nSPS) is 37.1. The summed E-state index contributed by atoms with van der Waals surface area (Å²) in [4.78, 5) is 11.9. The van der Waals surface area contributed by atoms with E-state index in [1.165, 1.54) is 6.42 Å². The Labute approximate surface area is 91.4 Å². The van der Waals surface area contributed by atoms with Gasteiger partial charge in [0.05, 0.1) is 0 Å². The predicted molar refractivity (Wildman–Crippen MR) is 58.3 cm³/mol. The molecule has 0 unspecified atom stereocenters. The maximum Gasteiger partial charge on any atom is 0.326 e. The van der Waals surface area contributed by atoms with Crippen molar-refractivity contribution >= 4 is 5.97 Å². The molecule has 0 aromatic heterocycles. The fourth-order valence-electron chi connectivity index (χ4n) is 2.24. The zero-order chi connectivity index (χ0) is 10.9. The van der Waals surface area contributed by atoms with Gasteiger partial charge in [0.1, 0.15) is 11.6 Å². The van der Waals surface area contributed by atoms with Crippen LogP contribution >= 0.6 is 0 Å². The molecule has 0 aromatic rings. The number of nitrogens with two attached hydrogens (primary N) is 1. The molecule has 3 nitrogen and oxygen atoms in total. The standard InChI is InChI=1S/C12H21NO2/c1-9-5-7-12(13,8-6-9)11(14)15-10-3-2-4-10/h9-10H,2-8,13H2,1H3. The fraction of sp³-hybridized carbons (Fsp3) is 0.917. The van der Waals surface area contributed by atoms with Crippen LogP contribution in [0.3, 0.4) is 0 Å². The molecule has 0 spiro atoms. The average Bonchev–Trinajstić information content (AvgIpc) is 2.16. The van der Waals surface area contributed by atoms with Gasteiger partial charge in [-0.15, -0.1) is 0 Å². The first-order valence-corrected chi connectivity index (χ1v) is 6.10. The Hall–Kier alpha value is -0.570. The first-order chi connectivity index (χ1) is 7.10. The third kappa shape index (κ3) is 2.33. The lowest BCUT2D eigenvalue weighted by atomic mass is 9.78. The van der Waals surface area contributed by atoms with Crippen LogP contribution in [0.5, 0.6) is 0 Å². The molecule has 15 heavy (non-hydrogen) atoms. The van der Waals surface area contributed by atoms with Crippen molar-refractivity contribution in [3.05, 3.63) is 0 Å². The van der Waals surface area contributed by atoms with Gasteiger partial charge in [0, 0.05) is 0 Å². The molecule has 2 N–H and O–H groups in total.